The van der Waals surface area contributed by atoms with Crippen LogP contribution in [-0.2, 0) is 19.1 Å². The van der Waals surface area contributed by atoms with Gasteiger partial charge in [0.1, 0.15) is 0 Å². The highest BCUT2D eigenvalue weighted by Gasteiger charge is 2.07. The van der Waals surface area contributed by atoms with Gasteiger partial charge in [-0.2, -0.15) is 0 Å². The van der Waals surface area contributed by atoms with E-state index in [1.165, 1.54) is 0 Å². The molecule has 0 spiro atoms. The maximum absolute atomic E-state index is 11.6. The molecule has 25 heavy (non-hydrogen) atoms. The van der Waals surface area contributed by atoms with Crippen molar-refractivity contribution in [3.63, 3.8) is 0 Å². The Morgan fingerprint density at radius 3 is 2.16 bits per heavy atom. The van der Waals surface area contributed by atoms with E-state index in [0.29, 0.717) is 11.4 Å². The summed E-state index contributed by atoms with van der Waals surface area (Å²) in [6.07, 6.45) is 2.06. The molecule has 0 saturated carbocycles. The van der Waals surface area contributed by atoms with Gasteiger partial charge in [-0.15, -0.1) is 0 Å². The van der Waals surface area contributed by atoms with Crippen molar-refractivity contribution in [2.75, 3.05) is 17.2 Å². The van der Waals surface area contributed by atoms with Crippen molar-refractivity contribution < 1.29 is 19.1 Å². The molecule has 0 unspecified atom stereocenters. The number of anilines is 2. The minimum Gasteiger partial charge on any atom is -0.463 e. The second-order valence-corrected chi connectivity index (χ2v) is 5.66. The molecule has 3 N–H and O–H groups in total. The number of carbonyl (C=O) groups excluding carboxylic acids is 3. The standard InChI is InChI=1S/C17H21N3O4S/c1-4-24-15(22)10-9-14(21)20-17(25)19-13-7-5-12(6-8-13)18-16(23)11(2)3/h5-11H,4H2,1-3H3,(H,18,23)(H2,19,20,21,25)/b10-9+. The second-order valence-electron chi connectivity index (χ2n) is 5.25. The first-order valence-electron chi connectivity index (χ1n) is 7.69. The van der Waals surface area contributed by atoms with Crippen LogP contribution in [0, 0.1) is 5.92 Å². The zero-order chi connectivity index (χ0) is 18.8. The molecule has 0 bridgehead atoms. The van der Waals surface area contributed by atoms with Gasteiger partial charge in [-0.05, 0) is 43.4 Å². The van der Waals surface area contributed by atoms with Crippen LogP contribution >= 0.6 is 12.2 Å². The number of amides is 2. The summed E-state index contributed by atoms with van der Waals surface area (Å²) < 4.78 is 4.66. The molecule has 1 rings (SSSR count). The van der Waals surface area contributed by atoms with Crippen LogP contribution in [0.1, 0.15) is 20.8 Å². The van der Waals surface area contributed by atoms with E-state index >= 15 is 0 Å². The third kappa shape index (κ3) is 8.07. The van der Waals surface area contributed by atoms with E-state index in [9.17, 15) is 14.4 Å². The Balaban J connectivity index is 2.50. The lowest BCUT2D eigenvalue weighted by molar-refractivity contribution is -0.137. The number of hydrogen-bond acceptors (Lipinski definition) is 5. The van der Waals surface area contributed by atoms with Crippen molar-refractivity contribution in [1.29, 1.82) is 0 Å². The molecule has 1 aromatic carbocycles. The summed E-state index contributed by atoms with van der Waals surface area (Å²) in [5, 5.41) is 8.08. The van der Waals surface area contributed by atoms with Gasteiger partial charge in [0.2, 0.25) is 11.8 Å². The highest BCUT2D eigenvalue weighted by molar-refractivity contribution is 7.80. The third-order valence-corrected chi connectivity index (χ3v) is 3.03. The molecule has 2 amide bonds. The lowest BCUT2D eigenvalue weighted by Gasteiger charge is -2.10. The Labute approximate surface area is 151 Å². The SMILES string of the molecule is CCOC(=O)/C=C/C(=O)NC(=S)Nc1ccc(NC(=O)C(C)C)cc1. The van der Waals surface area contributed by atoms with E-state index in [2.05, 4.69) is 20.7 Å². The van der Waals surface area contributed by atoms with Gasteiger partial charge in [0.05, 0.1) is 6.61 Å². The number of hydrogen-bond donors (Lipinski definition) is 3. The molecule has 0 radical (unpaired) electrons. The molecule has 8 heteroatoms. The van der Waals surface area contributed by atoms with Crippen molar-refractivity contribution in [2.24, 2.45) is 5.92 Å². The molecule has 1 aromatic rings. The van der Waals surface area contributed by atoms with Crippen LogP contribution in [0.25, 0.3) is 0 Å². The largest absolute Gasteiger partial charge is 0.463 e. The van der Waals surface area contributed by atoms with E-state index in [4.69, 9.17) is 12.2 Å². The fourth-order valence-electron chi connectivity index (χ4n) is 1.57. The van der Waals surface area contributed by atoms with Gasteiger partial charge >= 0.3 is 5.97 Å². The third-order valence-electron chi connectivity index (χ3n) is 2.83. The minimum absolute atomic E-state index is 0.0723. The van der Waals surface area contributed by atoms with Crippen LogP contribution in [0.2, 0.25) is 0 Å². The summed E-state index contributed by atoms with van der Waals surface area (Å²) in [7, 11) is 0. The summed E-state index contributed by atoms with van der Waals surface area (Å²) in [5.74, 6) is -1.33. The molecular weight excluding hydrogens is 342 g/mol. The number of nitrogens with one attached hydrogen (secondary N) is 3. The average Bonchev–Trinajstić information content (AvgIpc) is 2.55. The summed E-state index contributed by atoms with van der Waals surface area (Å²) in [6.45, 7) is 5.52. The first-order valence-corrected chi connectivity index (χ1v) is 8.10. The number of benzene rings is 1. The molecule has 0 atom stereocenters. The summed E-state index contributed by atoms with van der Waals surface area (Å²) in [5.41, 5.74) is 1.30. The van der Waals surface area contributed by atoms with Crippen LogP contribution in [0.5, 0.6) is 0 Å². The molecule has 0 aliphatic heterocycles. The van der Waals surface area contributed by atoms with Gasteiger partial charge in [-0.3, -0.25) is 14.9 Å². The maximum Gasteiger partial charge on any atom is 0.330 e. The van der Waals surface area contributed by atoms with Gasteiger partial charge in [-0.1, -0.05) is 13.8 Å². The fourth-order valence-corrected chi connectivity index (χ4v) is 1.79. The van der Waals surface area contributed by atoms with Crippen molar-refractivity contribution >= 4 is 46.5 Å². The van der Waals surface area contributed by atoms with Crippen LogP contribution in [0.15, 0.2) is 36.4 Å². The number of esters is 1. The first-order chi connectivity index (χ1) is 11.8. The number of ether oxygens (including phenoxy) is 1. The van der Waals surface area contributed by atoms with Crippen molar-refractivity contribution in [3.8, 4) is 0 Å². The molecule has 0 heterocycles. The van der Waals surface area contributed by atoms with Crippen LogP contribution < -0.4 is 16.0 Å². The van der Waals surface area contributed by atoms with E-state index in [-0.39, 0.29) is 23.5 Å². The van der Waals surface area contributed by atoms with Gasteiger partial charge < -0.3 is 15.4 Å². The molecule has 0 saturated heterocycles. The van der Waals surface area contributed by atoms with Crippen LogP contribution in [0.4, 0.5) is 11.4 Å². The number of carbonyl (C=O) groups is 3. The lowest BCUT2D eigenvalue weighted by Crippen LogP contribution is -2.33. The summed E-state index contributed by atoms with van der Waals surface area (Å²) in [6, 6.07) is 6.85. The topological polar surface area (TPSA) is 96.5 Å². The Kier molecular flexibility index (Phi) is 8.28. The monoisotopic (exact) mass is 363 g/mol. The smallest absolute Gasteiger partial charge is 0.330 e. The Morgan fingerprint density at radius 1 is 1.08 bits per heavy atom. The quantitative estimate of drug-likeness (QED) is 0.407. The van der Waals surface area contributed by atoms with Crippen LogP contribution in [-0.4, -0.2) is 29.5 Å². The number of thiocarbonyl (C=S) groups is 1. The van der Waals surface area contributed by atoms with E-state index in [1.807, 2.05) is 13.8 Å². The Bertz CT molecular complexity index is 669. The Morgan fingerprint density at radius 2 is 1.64 bits per heavy atom. The fraction of sp³-hybridized carbons (Fsp3) is 0.294. The molecule has 0 aromatic heterocycles. The molecule has 134 valence electrons. The van der Waals surface area contributed by atoms with Gasteiger partial charge in [0.25, 0.3) is 0 Å². The molecule has 0 aliphatic carbocycles. The average molecular weight is 363 g/mol. The summed E-state index contributed by atoms with van der Waals surface area (Å²) in [4.78, 5) is 34.3. The predicted molar refractivity (Wildman–Crippen MR) is 100 cm³/mol. The van der Waals surface area contributed by atoms with Gasteiger partial charge in [0.15, 0.2) is 5.11 Å². The maximum atomic E-state index is 11.6. The van der Waals surface area contributed by atoms with E-state index in [1.54, 1.807) is 31.2 Å². The molecular formula is C17H21N3O4S. The van der Waals surface area contributed by atoms with E-state index in [0.717, 1.165) is 12.2 Å². The highest BCUT2D eigenvalue weighted by Crippen LogP contribution is 2.14. The van der Waals surface area contributed by atoms with Gasteiger partial charge in [0, 0.05) is 29.4 Å². The van der Waals surface area contributed by atoms with Crippen molar-refractivity contribution in [1.82, 2.24) is 5.32 Å². The van der Waals surface area contributed by atoms with Crippen molar-refractivity contribution in [2.45, 2.75) is 20.8 Å². The molecule has 7 nitrogen and oxygen atoms in total. The highest BCUT2D eigenvalue weighted by atomic mass is 32.1. The lowest BCUT2D eigenvalue weighted by atomic mass is 10.2. The normalized spacial score (nSPS) is 10.4. The molecule has 0 fully saturated rings. The predicted octanol–water partition coefficient (Wildman–Crippen LogP) is 2.21. The van der Waals surface area contributed by atoms with Crippen molar-refractivity contribution in [3.05, 3.63) is 36.4 Å². The summed E-state index contributed by atoms with van der Waals surface area (Å²) >= 11 is 5.02. The number of rotatable bonds is 6. The van der Waals surface area contributed by atoms with Gasteiger partial charge in [-0.25, -0.2) is 4.79 Å². The minimum atomic E-state index is -0.601. The van der Waals surface area contributed by atoms with Crippen LogP contribution in [0.3, 0.4) is 0 Å². The van der Waals surface area contributed by atoms with E-state index < -0.39 is 11.9 Å². The zero-order valence-corrected chi connectivity index (χ0v) is 15.1. The second kappa shape index (κ2) is 10.2. The Hall–Kier alpha value is -2.74. The zero-order valence-electron chi connectivity index (χ0n) is 14.3. The molecule has 0 aliphatic rings. The first kappa shape index (κ1) is 20.3.